The van der Waals surface area contributed by atoms with Crippen molar-refractivity contribution in [3.05, 3.63) is 34.9 Å². The minimum Gasteiger partial charge on any atom is -0.303 e. The Morgan fingerprint density at radius 2 is 2.11 bits per heavy atom. The fourth-order valence-electron chi connectivity index (χ4n) is 5.31. The highest BCUT2D eigenvalue weighted by molar-refractivity contribution is 5.43. The van der Waals surface area contributed by atoms with E-state index in [1.54, 1.807) is 11.1 Å². The first-order valence-corrected chi connectivity index (χ1v) is 8.01. The Morgan fingerprint density at radius 1 is 1.21 bits per heavy atom. The van der Waals surface area contributed by atoms with E-state index < -0.39 is 0 Å². The first-order valence-electron chi connectivity index (χ1n) is 8.01. The van der Waals surface area contributed by atoms with E-state index in [4.69, 9.17) is 0 Å². The van der Waals surface area contributed by atoms with Crippen LogP contribution >= 0.6 is 0 Å². The lowest BCUT2D eigenvalue weighted by atomic mass is 9.52. The number of rotatable bonds is 0. The van der Waals surface area contributed by atoms with E-state index >= 15 is 0 Å². The van der Waals surface area contributed by atoms with Gasteiger partial charge in [-0.25, -0.2) is 0 Å². The Labute approximate surface area is 117 Å². The van der Waals surface area contributed by atoms with E-state index in [0.29, 0.717) is 5.41 Å². The normalized spacial score (nSPS) is 37.6. The van der Waals surface area contributed by atoms with E-state index in [0.717, 1.165) is 12.0 Å². The molecule has 1 heterocycles. The summed E-state index contributed by atoms with van der Waals surface area (Å²) in [5.41, 5.74) is 5.38. The zero-order chi connectivity index (χ0) is 13.0. The smallest absolute Gasteiger partial charge is 0.0169 e. The van der Waals surface area contributed by atoms with Crippen molar-refractivity contribution in [3.63, 3.8) is 0 Å². The molecule has 0 N–H and O–H groups in total. The summed E-state index contributed by atoms with van der Waals surface area (Å²) >= 11 is 0. The van der Waals surface area contributed by atoms with Crippen molar-refractivity contribution in [1.29, 1.82) is 0 Å². The van der Waals surface area contributed by atoms with Crippen molar-refractivity contribution in [1.82, 2.24) is 4.90 Å². The lowest BCUT2D eigenvalue weighted by molar-refractivity contribution is 0.00283. The molecule has 1 aliphatic heterocycles. The summed E-state index contributed by atoms with van der Waals surface area (Å²) < 4.78 is 0. The molecule has 3 aliphatic rings. The number of fused-ring (bicyclic) bond motifs is 1. The minimum absolute atomic E-state index is 0.537. The van der Waals surface area contributed by atoms with Crippen molar-refractivity contribution < 1.29 is 0 Å². The highest BCUT2D eigenvalue weighted by Gasteiger charge is 2.52. The van der Waals surface area contributed by atoms with Crippen molar-refractivity contribution in [2.24, 2.45) is 5.92 Å². The van der Waals surface area contributed by atoms with Crippen LogP contribution in [0.5, 0.6) is 0 Å². The van der Waals surface area contributed by atoms with Crippen LogP contribution in [0.4, 0.5) is 0 Å². The van der Waals surface area contributed by atoms with Gasteiger partial charge in [-0.15, -0.1) is 0 Å². The van der Waals surface area contributed by atoms with Crippen LogP contribution < -0.4 is 0 Å². The Balaban J connectivity index is 1.90. The predicted octanol–water partition coefficient (Wildman–Crippen LogP) is 3.68. The van der Waals surface area contributed by atoms with E-state index in [2.05, 4.69) is 37.1 Å². The number of likely N-dealkylation sites (tertiary alicyclic amines) is 1. The maximum absolute atomic E-state index is 2.65. The molecule has 1 saturated heterocycles. The molecule has 102 valence electrons. The summed E-state index contributed by atoms with van der Waals surface area (Å²) in [5.74, 6) is 0.925. The van der Waals surface area contributed by atoms with Crippen molar-refractivity contribution in [3.8, 4) is 0 Å². The Hall–Kier alpha value is -0.820. The molecule has 0 aromatic heterocycles. The van der Waals surface area contributed by atoms with Gasteiger partial charge >= 0.3 is 0 Å². The molecule has 19 heavy (non-hydrogen) atoms. The third kappa shape index (κ3) is 1.57. The van der Waals surface area contributed by atoms with Crippen LogP contribution in [0.15, 0.2) is 18.2 Å². The summed E-state index contributed by atoms with van der Waals surface area (Å²) in [7, 11) is 2.35. The number of aryl methyl sites for hydroxylation is 1. The maximum atomic E-state index is 2.65. The zero-order valence-electron chi connectivity index (χ0n) is 12.3. The fraction of sp³-hybridized carbons (Fsp3) is 0.667. The van der Waals surface area contributed by atoms with Crippen LogP contribution in [0.25, 0.3) is 0 Å². The third-order valence-electron chi connectivity index (χ3n) is 6.27. The summed E-state index contributed by atoms with van der Waals surface area (Å²) in [4.78, 5) is 2.65. The van der Waals surface area contributed by atoms with Gasteiger partial charge in [-0.1, -0.05) is 36.6 Å². The van der Waals surface area contributed by atoms with Gasteiger partial charge in [-0.2, -0.15) is 0 Å². The maximum Gasteiger partial charge on any atom is 0.0169 e. The van der Waals surface area contributed by atoms with E-state index in [1.807, 2.05) is 0 Å². The molecule has 2 aliphatic carbocycles. The molecule has 0 spiro atoms. The van der Waals surface area contributed by atoms with E-state index in [1.165, 1.54) is 50.6 Å². The minimum atomic E-state index is 0.537. The highest BCUT2D eigenvalue weighted by Crippen LogP contribution is 2.55. The lowest BCUT2D eigenvalue weighted by Gasteiger charge is -2.58. The van der Waals surface area contributed by atoms with E-state index in [-0.39, 0.29) is 0 Å². The number of likely N-dealkylation sites (N-methyl/N-ethyl adjacent to an activating group) is 1. The summed E-state index contributed by atoms with van der Waals surface area (Å²) in [6.07, 6.45) is 8.48. The third-order valence-corrected chi connectivity index (χ3v) is 6.27. The molecular formula is C18H25N. The molecule has 3 atom stereocenters. The van der Waals surface area contributed by atoms with Crippen LogP contribution in [0.1, 0.15) is 48.8 Å². The van der Waals surface area contributed by atoms with Crippen molar-refractivity contribution >= 4 is 0 Å². The number of nitrogens with zero attached hydrogens (tertiary/aromatic N) is 1. The highest BCUT2D eigenvalue weighted by atomic mass is 15.1. The summed E-state index contributed by atoms with van der Waals surface area (Å²) in [6, 6.07) is 8.07. The monoisotopic (exact) mass is 255 g/mol. The van der Waals surface area contributed by atoms with Gasteiger partial charge < -0.3 is 4.90 Å². The predicted molar refractivity (Wildman–Crippen MR) is 79.6 cm³/mol. The molecule has 0 amide bonds. The second kappa shape index (κ2) is 4.09. The number of benzene rings is 1. The Kier molecular flexibility index (Phi) is 2.57. The topological polar surface area (TPSA) is 3.24 Å². The largest absolute Gasteiger partial charge is 0.303 e. The average Bonchev–Trinajstić information content (AvgIpc) is 2.43. The lowest BCUT2D eigenvalue weighted by Crippen LogP contribution is -2.59. The van der Waals surface area contributed by atoms with Gasteiger partial charge in [-0.3, -0.25) is 0 Å². The summed E-state index contributed by atoms with van der Waals surface area (Å²) in [5, 5.41) is 0. The SMILES string of the molecule is Cc1ccc2c(c1)[C@]13CCCC[C@H]1[C@H](C2)N(C)CC3. The number of hydrogen-bond donors (Lipinski definition) is 0. The molecule has 2 bridgehead atoms. The van der Waals surface area contributed by atoms with Crippen LogP contribution in [0.2, 0.25) is 0 Å². The molecule has 2 fully saturated rings. The standard InChI is InChI=1S/C18H25N/c1-13-6-7-14-12-17-15-5-3-4-8-18(15,16(14)11-13)9-10-19(17)2/h6-7,11,15,17H,3-5,8-10,12H2,1-2H3/t15-,17-,18-/m0/s1. The second-order valence-electron chi connectivity index (χ2n) is 7.17. The van der Waals surface area contributed by atoms with Gasteiger partial charge in [0, 0.05) is 11.5 Å². The molecule has 1 aromatic rings. The van der Waals surface area contributed by atoms with Gasteiger partial charge in [0.15, 0.2) is 0 Å². The second-order valence-corrected chi connectivity index (χ2v) is 7.17. The molecular weight excluding hydrogens is 230 g/mol. The first-order chi connectivity index (χ1) is 9.21. The first kappa shape index (κ1) is 12.0. The molecule has 4 rings (SSSR count). The van der Waals surface area contributed by atoms with Crippen LogP contribution in [-0.2, 0) is 11.8 Å². The molecule has 0 unspecified atom stereocenters. The molecule has 1 heteroatoms. The van der Waals surface area contributed by atoms with Gasteiger partial charge in [0.05, 0.1) is 0 Å². The van der Waals surface area contributed by atoms with Gasteiger partial charge in [0.1, 0.15) is 0 Å². The Morgan fingerprint density at radius 3 is 3.00 bits per heavy atom. The average molecular weight is 255 g/mol. The molecule has 1 nitrogen and oxygen atoms in total. The molecule has 1 aromatic carbocycles. The van der Waals surface area contributed by atoms with Crippen LogP contribution in [-0.4, -0.2) is 24.5 Å². The van der Waals surface area contributed by atoms with Crippen LogP contribution in [0.3, 0.4) is 0 Å². The van der Waals surface area contributed by atoms with Crippen molar-refractivity contribution in [2.45, 2.75) is 56.9 Å². The zero-order valence-corrected chi connectivity index (χ0v) is 12.3. The van der Waals surface area contributed by atoms with Gasteiger partial charge in [0.25, 0.3) is 0 Å². The van der Waals surface area contributed by atoms with Gasteiger partial charge in [0.2, 0.25) is 0 Å². The van der Waals surface area contributed by atoms with Crippen molar-refractivity contribution in [2.75, 3.05) is 13.6 Å². The quantitative estimate of drug-likeness (QED) is 0.683. The Bertz CT molecular complexity index is 506. The summed E-state index contributed by atoms with van der Waals surface area (Å²) in [6.45, 7) is 3.56. The number of piperidine rings is 1. The van der Waals surface area contributed by atoms with Crippen LogP contribution in [0, 0.1) is 12.8 Å². The molecule has 0 radical (unpaired) electrons. The fourth-order valence-corrected chi connectivity index (χ4v) is 5.31. The molecule has 1 saturated carbocycles. The van der Waals surface area contributed by atoms with E-state index in [9.17, 15) is 0 Å². The number of hydrogen-bond acceptors (Lipinski definition) is 1. The van der Waals surface area contributed by atoms with Gasteiger partial charge in [-0.05, 0) is 63.2 Å².